The highest BCUT2D eigenvalue weighted by Crippen LogP contribution is 2.21. The van der Waals surface area contributed by atoms with Crippen molar-refractivity contribution in [3.63, 3.8) is 0 Å². The molecule has 1 saturated heterocycles. The Labute approximate surface area is 190 Å². The molecule has 1 N–H and O–H groups in total. The summed E-state index contributed by atoms with van der Waals surface area (Å²) in [6.45, 7) is 5.54. The van der Waals surface area contributed by atoms with E-state index in [0.29, 0.717) is 29.4 Å². The maximum Gasteiger partial charge on any atom is 0.410 e. The summed E-state index contributed by atoms with van der Waals surface area (Å²) in [6.07, 6.45) is 0.501. The number of likely N-dealkylation sites (N-methyl/N-ethyl adjacent to an activating group) is 1. The SMILES string of the molecule is COC(=O)[C@@H]1CCCN(C(=O)[C@H](Cc2cc(F)cc(Br)c2)N(C)C(=O)OC(C)(C)C)N1. The number of nitrogens with zero attached hydrogens (tertiary/aromatic N) is 2. The molecule has 0 aliphatic carbocycles. The van der Waals surface area contributed by atoms with Gasteiger partial charge in [0.05, 0.1) is 7.11 Å². The summed E-state index contributed by atoms with van der Waals surface area (Å²) in [5.41, 5.74) is 2.66. The number of esters is 1. The normalized spacial score (nSPS) is 17.6. The van der Waals surface area contributed by atoms with E-state index in [4.69, 9.17) is 9.47 Å². The molecule has 8 nitrogen and oxygen atoms in total. The summed E-state index contributed by atoms with van der Waals surface area (Å²) in [6, 6.07) is 2.68. The van der Waals surface area contributed by atoms with Crippen molar-refractivity contribution in [2.45, 2.75) is 57.7 Å². The summed E-state index contributed by atoms with van der Waals surface area (Å²) in [5, 5.41) is 1.32. The lowest BCUT2D eigenvalue weighted by molar-refractivity contribution is -0.151. The van der Waals surface area contributed by atoms with Gasteiger partial charge in [-0.05, 0) is 57.4 Å². The molecule has 0 bridgehead atoms. The van der Waals surface area contributed by atoms with Crippen molar-refractivity contribution < 1.29 is 28.2 Å². The molecule has 1 fully saturated rings. The van der Waals surface area contributed by atoms with E-state index in [1.807, 2.05) is 0 Å². The summed E-state index contributed by atoms with van der Waals surface area (Å²) in [7, 11) is 2.75. The number of carbonyl (C=O) groups is 3. The minimum atomic E-state index is -0.979. The predicted molar refractivity (Wildman–Crippen MR) is 115 cm³/mol. The summed E-state index contributed by atoms with van der Waals surface area (Å²) in [4.78, 5) is 39.2. The molecule has 1 aromatic rings. The van der Waals surface area contributed by atoms with Crippen LogP contribution in [0.4, 0.5) is 9.18 Å². The van der Waals surface area contributed by atoms with Gasteiger partial charge < -0.3 is 9.47 Å². The molecule has 0 unspecified atom stereocenters. The smallest absolute Gasteiger partial charge is 0.410 e. The maximum atomic E-state index is 13.9. The topological polar surface area (TPSA) is 88.2 Å². The number of ether oxygens (including phenoxy) is 2. The average Bonchev–Trinajstić information content (AvgIpc) is 2.68. The van der Waals surface area contributed by atoms with E-state index in [1.54, 1.807) is 26.8 Å². The number of hydrogen-bond acceptors (Lipinski definition) is 6. The van der Waals surface area contributed by atoms with Crippen molar-refractivity contribution in [2.75, 3.05) is 20.7 Å². The minimum Gasteiger partial charge on any atom is -0.468 e. The molecule has 0 spiro atoms. The van der Waals surface area contributed by atoms with Crippen molar-refractivity contribution in [3.8, 4) is 0 Å². The molecular formula is C21H29BrFN3O5. The monoisotopic (exact) mass is 501 g/mol. The van der Waals surface area contributed by atoms with Gasteiger partial charge in [0.1, 0.15) is 23.5 Å². The summed E-state index contributed by atoms with van der Waals surface area (Å²) in [5.74, 6) is -1.36. The number of rotatable bonds is 5. The Morgan fingerprint density at radius 3 is 2.58 bits per heavy atom. The standard InChI is InChI=1S/C21H29BrFN3O5/c1-21(2,3)31-20(29)25(4)17(11-13-9-14(22)12-15(23)10-13)18(27)26-8-6-7-16(24-26)19(28)30-5/h9-10,12,16-17,24H,6-8,11H2,1-5H3/t16-,17-/m0/s1. The fourth-order valence-corrected chi connectivity index (χ4v) is 3.75. The Hall–Kier alpha value is -2.20. The van der Waals surface area contributed by atoms with Crippen LogP contribution in [0, 0.1) is 5.82 Å². The third-order valence-corrected chi connectivity index (χ3v) is 5.18. The summed E-state index contributed by atoms with van der Waals surface area (Å²) >= 11 is 3.25. The zero-order valence-corrected chi connectivity index (χ0v) is 20.0. The van der Waals surface area contributed by atoms with Gasteiger partial charge >= 0.3 is 12.1 Å². The molecule has 10 heteroatoms. The molecule has 2 atom stereocenters. The minimum absolute atomic E-state index is 0.0615. The first-order valence-electron chi connectivity index (χ1n) is 9.97. The van der Waals surface area contributed by atoms with Crippen LogP contribution in [0.1, 0.15) is 39.2 Å². The summed E-state index contributed by atoms with van der Waals surface area (Å²) < 4.78 is 24.6. The third kappa shape index (κ3) is 7.17. The molecule has 172 valence electrons. The zero-order chi connectivity index (χ0) is 23.3. The van der Waals surface area contributed by atoms with Gasteiger partial charge in [0.15, 0.2) is 0 Å². The largest absolute Gasteiger partial charge is 0.468 e. The van der Waals surface area contributed by atoms with Crippen LogP contribution in [0.25, 0.3) is 0 Å². The van der Waals surface area contributed by atoms with Gasteiger partial charge in [0.25, 0.3) is 5.91 Å². The predicted octanol–water partition coefficient (Wildman–Crippen LogP) is 3.03. The zero-order valence-electron chi connectivity index (χ0n) is 18.4. The van der Waals surface area contributed by atoms with Gasteiger partial charge in [0, 0.05) is 24.5 Å². The van der Waals surface area contributed by atoms with E-state index in [1.165, 1.54) is 36.2 Å². The number of amides is 2. The van der Waals surface area contributed by atoms with Crippen LogP contribution in [0.5, 0.6) is 0 Å². The molecule has 0 saturated carbocycles. The van der Waals surface area contributed by atoms with Gasteiger partial charge in [-0.2, -0.15) is 0 Å². The van der Waals surface area contributed by atoms with E-state index in [9.17, 15) is 18.8 Å². The van der Waals surface area contributed by atoms with E-state index >= 15 is 0 Å². The van der Waals surface area contributed by atoms with E-state index < -0.39 is 41.5 Å². The first kappa shape index (κ1) is 25.1. The van der Waals surface area contributed by atoms with Gasteiger partial charge in [-0.1, -0.05) is 15.9 Å². The van der Waals surface area contributed by atoms with Crippen molar-refractivity contribution >= 4 is 33.9 Å². The molecule has 2 rings (SSSR count). The molecule has 1 aliphatic heterocycles. The fourth-order valence-electron chi connectivity index (χ4n) is 3.24. The number of hydrazine groups is 1. The first-order chi connectivity index (χ1) is 14.4. The Morgan fingerprint density at radius 2 is 2.00 bits per heavy atom. The van der Waals surface area contributed by atoms with E-state index in [0.717, 1.165) is 0 Å². The van der Waals surface area contributed by atoms with Gasteiger partial charge in [-0.15, -0.1) is 0 Å². The molecule has 1 heterocycles. The quantitative estimate of drug-likeness (QED) is 0.623. The molecule has 0 radical (unpaired) electrons. The van der Waals surface area contributed by atoms with Crippen LogP contribution >= 0.6 is 15.9 Å². The number of halogens is 2. The Bertz CT molecular complexity index is 809. The second kappa shape index (κ2) is 10.4. The van der Waals surface area contributed by atoms with Crippen LogP contribution in [-0.2, 0) is 25.5 Å². The molecular weight excluding hydrogens is 473 g/mol. The van der Waals surface area contributed by atoms with Gasteiger partial charge in [-0.3, -0.25) is 19.5 Å². The number of benzene rings is 1. The Balaban J connectivity index is 2.30. The Morgan fingerprint density at radius 1 is 1.32 bits per heavy atom. The molecule has 2 amide bonds. The molecule has 1 aromatic carbocycles. The Kier molecular flexibility index (Phi) is 8.41. The van der Waals surface area contributed by atoms with E-state index in [2.05, 4.69) is 21.4 Å². The van der Waals surface area contributed by atoms with Crippen molar-refractivity contribution in [1.82, 2.24) is 15.3 Å². The van der Waals surface area contributed by atoms with Crippen LogP contribution in [-0.4, -0.2) is 66.3 Å². The average molecular weight is 502 g/mol. The first-order valence-corrected chi connectivity index (χ1v) is 10.8. The van der Waals surface area contributed by atoms with Crippen LogP contribution in [0.15, 0.2) is 22.7 Å². The highest BCUT2D eigenvalue weighted by atomic mass is 79.9. The second-order valence-corrected chi connectivity index (χ2v) is 9.34. The fraction of sp³-hybridized carbons (Fsp3) is 0.571. The lowest BCUT2D eigenvalue weighted by Gasteiger charge is -2.37. The lowest BCUT2D eigenvalue weighted by Crippen LogP contribution is -2.60. The third-order valence-electron chi connectivity index (χ3n) is 4.72. The number of methoxy groups -OCH3 is 1. The second-order valence-electron chi connectivity index (χ2n) is 8.43. The number of nitrogens with one attached hydrogen (secondary N) is 1. The number of carbonyl (C=O) groups excluding carboxylic acids is 3. The van der Waals surface area contributed by atoms with E-state index in [-0.39, 0.29) is 6.42 Å². The van der Waals surface area contributed by atoms with Gasteiger partial charge in [-0.25, -0.2) is 14.6 Å². The van der Waals surface area contributed by atoms with Gasteiger partial charge in [0.2, 0.25) is 0 Å². The highest BCUT2D eigenvalue weighted by molar-refractivity contribution is 9.10. The maximum absolute atomic E-state index is 13.9. The highest BCUT2D eigenvalue weighted by Gasteiger charge is 2.36. The van der Waals surface area contributed by atoms with Crippen molar-refractivity contribution in [3.05, 3.63) is 34.1 Å². The van der Waals surface area contributed by atoms with Crippen LogP contribution in [0.2, 0.25) is 0 Å². The lowest BCUT2D eigenvalue weighted by atomic mass is 10.0. The molecule has 1 aliphatic rings. The van der Waals surface area contributed by atoms with Crippen molar-refractivity contribution in [1.29, 1.82) is 0 Å². The molecule has 0 aromatic heterocycles. The number of hydrogen-bond donors (Lipinski definition) is 1. The van der Waals surface area contributed by atoms with Crippen molar-refractivity contribution in [2.24, 2.45) is 0 Å². The molecule has 31 heavy (non-hydrogen) atoms. The van der Waals surface area contributed by atoms with Crippen LogP contribution < -0.4 is 5.43 Å². The van der Waals surface area contributed by atoms with Crippen LogP contribution in [0.3, 0.4) is 0 Å².